The Balaban J connectivity index is 1.34. The van der Waals surface area contributed by atoms with Crippen LogP contribution in [0, 0.1) is 0 Å². The van der Waals surface area contributed by atoms with Crippen molar-refractivity contribution in [1.29, 1.82) is 0 Å². The van der Waals surface area contributed by atoms with Gasteiger partial charge in [-0.1, -0.05) is 133 Å². The van der Waals surface area contributed by atoms with E-state index >= 15 is 0 Å². The molecule has 4 nitrogen and oxygen atoms in total. The molecule has 0 amide bonds. The molecule has 4 aromatic heterocycles. The number of thiophene rings is 1. The minimum atomic E-state index is 0.627. The number of hydrogen-bond acceptors (Lipinski definition) is 4. The largest absolute Gasteiger partial charge is 0.454 e. The van der Waals surface area contributed by atoms with Crippen LogP contribution in [0.1, 0.15) is 0 Å². The summed E-state index contributed by atoms with van der Waals surface area (Å²) in [7, 11) is 0. The van der Waals surface area contributed by atoms with Crippen LogP contribution in [-0.4, -0.2) is 14.5 Å². The molecular formula is C46H25N3OS. The predicted molar refractivity (Wildman–Crippen MR) is 214 cm³/mol. The van der Waals surface area contributed by atoms with E-state index in [-0.39, 0.29) is 0 Å². The summed E-state index contributed by atoms with van der Waals surface area (Å²) in [6, 6.07) is 54.0. The van der Waals surface area contributed by atoms with Crippen LogP contribution in [0.25, 0.3) is 114 Å². The lowest BCUT2D eigenvalue weighted by atomic mass is 9.98. The second-order valence-electron chi connectivity index (χ2n) is 13.3. The van der Waals surface area contributed by atoms with Crippen molar-refractivity contribution < 1.29 is 4.42 Å². The molecule has 0 atom stereocenters. The van der Waals surface area contributed by atoms with E-state index in [0.29, 0.717) is 5.95 Å². The maximum Gasteiger partial charge on any atom is 0.236 e. The highest BCUT2D eigenvalue weighted by Crippen LogP contribution is 2.47. The molecule has 0 unspecified atom stereocenters. The van der Waals surface area contributed by atoms with Crippen LogP contribution in [0.5, 0.6) is 0 Å². The third kappa shape index (κ3) is 3.68. The predicted octanol–water partition coefficient (Wildman–Crippen LogP) is 13.0. The van der Waals surface area contributed by atoms with Crippen molar-refractivity contribution in [2.24, 2.45) is 0 Å². The summed E-state index contributed by atoms with van der Waals surface area (Å²) in [6.45, 7) is 0. The van der Waals surface area contributed by atoms with Gasteiger partial charge in [0, 0.05) is 42.6 Å². The molecule has 51 heavy (non-hydrogen) atoms. The van der Waals surface area contributed by atoms with E-state index in [1.54, 1.807) is 11.3 Å². The Hall–Kier alpha value is -6.56. The third-order valence-electron chi connectivity index (χ3n) is 10.6. The smallest absolute Gasteiger partial charge is 0.236 e. The summed E-state index contributed by atoms with van der Waals surface area (Å²) >= 11 is 1.76. The zero-order valence-corrected chi connectivity index (χ0v) is 27.9. The van der Waals surface area contributed by atoms with Crippen molar-refractivity contribution in [3.05, 3.63) is 152 Å². The number of furan rings is 1. The molecule has 0 N–H and O–H groups in total. The molecule has 0 aliphatic carbocycles. The van der Waals surface area contributed by atoms with Crippen molar-refractivity contribution in [3.8, 4) is 17.2 Å². The van der Waals surface area contributed by atoms with Gasteiger partial charge in [-0.3, -0.25) is 4.57 Å². The standard InChI is InChI=1S/C46H25N3OS/c1-2-13-28-25-29(22-21-26(28)11-1)40-45-41(34-18-8-10-20-37(34)51-45)48-46(47-40)49-42-30-14-4-3-12-27(30)23-24-35(42)38-31-15-5-6-16-32(31)39-33-17-7-9-19-36(33)50-44(39)43(38)49/h1-25H. The van der Waals surface area contributed by atoms with Gasteiger partial charge in [-0.05, 0) is 45.1 Å². The monoisotopic (exact) mass is 667 g/mol. The topological polar surface area (TPSA) is 43.9 Å². The highest BCUT2D eigenvalue weighted by atomic mass is 32.1. The highest BCUT2D eigenvalue weighted by Gasteiger charge is 2.26. The van der Waals surface area contributed by atoms with E-state index < -0.39 is 0 Å². The van der Waals surface area contributed by atoms with Crippen LogP contribution >= 0.6 is 11.3 Å². The summed E-state index contributed by atoms with van der Waals surface area (Å²) in [5, 5.41) is 12.7. The van der Waals surface area contributed by atoms with Crippen LogP contribution in [-0.2, 0) is 0 Å². The second kappa shape index (κ2) is 10.0. The zero-order valence-electron chi connectivity index (χ0n) is 27.1. The van der Waals surface area contributed by atoms with E-state index in [1.165, 1.54) is 26.2 Å². The molecule has 0 aliphatic heterocycles. The first-order valence-corrected chi connectivity index (χ1v) is 18.0. The summed E-state index contributed by atoms with van der Waals surface area (Å²) < 4.78 is 11.5. The van der Waals surface area contributed by atoms with Gasteiger partial charge in [-0.25, -0.2) is 9.97 Å². The molecule has 0 spiro atoms. The molecule has 0 saturated carbocycles. The molecule has 12 aromatic rings. The molecule has 0 bridgehead atoms. The summed E-state index contributed by atoms with van der Waals surface area (Å²) in [4.78, 5) is 11.1. The average Bonchev–Trinajstić information content (AvgIpc) is 3.88. The Labute approximate surface area is 294 Å². The molecule has 5 heteroatoms. The number of fused-ring (bicyclic) bond motifs is 16. The highest BCUT2D eigenvalue weighted by molar-refractivity contribution is 7.26. The fourth-order valence-electron chi connectivity index (χ4n) is 8.35. The summed E-state index contributed by atoms with van der Waals surface area (Å²) in [5.74, 6) is 0.627. The van der Waals surface area contributed by atoms with Crippen LogP contribution in [0.4, 0.5) is 0 Å². The quantitative estimate of drug-likeness (QED) is 0.184. The lowest BCUT2D eigenvalue weighted by Gasteiger charge is -2.12. The van der Waals surface area contributed by atoms with Gasteiger partial charge < -0.3 is 4.42 Å². The first kappa shape index (κ1) is 27.3. The average molecular weight is 668 g/mol. The van der Waals surface area contributed by atoms with Gasteiger partial charge >= 0.3 is 0 Å². The lowest BCUT2D eigenvalue weighted by Crippen LogP contribution is -2.03. The number of hydrogen-bond donors (Lipinski definition) is 0. The van der Waals surface area contributed by atoms with Gasteiger partial charge in [0.05, 0.1) is 21.4 Å². The number of para-hydroxylation sites is 1. The normalized spacial score (nSPS) is 12.3. The second-order valence-corrected chi connectivity index (χ2v) is 14.4. The van der Waals surface area contributed by atoms with E-state index in [1.807, 2.05) is 6.07 Å². The minimum Gasteiger partial charge on any atom is -0.454 e. The van der Waals surface area contributed by atoms with Crippen LogP contribution < -0.4 is 0 Å². The zero-order chi connectivity index (χ0) is 33.2. The lowest BCUT2D eigenvalue weighted by molar-refractivity contribution is 0.671. The van der Waals surface area contributed by atoms with Crippen molar-refractivity contribution >= 4 is 108 Å². The van der Waals surface area contributed by atoms with E-state index in [2.05, 4.69) is 150 Å². The Morgan fingerprint density at radius 1 is 0.490 bits per heavy atom. The van der Waals surface area contributed by atoms with Gasteiger partial charge in [0.1, 0.15) is 11.1 Å². The van der Waals surface area contributed by atoms with Crippen molar-refractivity contribution in [3.63, 3.8) is 0 Å². The summed E-state index contributed by atoms with van der Waals surface area (Å²) in [5.41, 5.74) is 6.72. The molecule has 8 aromatic carbocycles. The third-order valence-corrected chi connectivity index (χ3v) is 11.7. The van der Waals surface area contributed by atoms with Gasteiger partial charge in [0.25, 0.3) is 0 Å². The fourth-order valence-corrected chi connectivity index (χ4v) is 9.50. The Kier molecular flexibility index (Phi) is 5.35. The minimum absolute atomic E-state index is 0.627. The molecular weight excluding hydrogens is 643 g/mol. The molecule has 0 radical (unpaired) electrons. The van der Waals surface area contributed by atoms with Crippen molar-refractivity contribution in [2.75, 3.05) is 0 Å². The Morgan fingerprint density at radius 2 is 1.16 bits per heavy atom. The molecule has 0 aliphatic rings. The number of rotatable bonds is 2. The van der Waals surface area contributed by atoms with Crippen molar-refractivity contribution in [2.45, 2.75) is 0 Å². The Bertz CT molecular complexity index is 3440. The van der Waals surface area contributed by atoms with E-state index in [9.17, 15) is 0 Å². The first-order chi connectivity index (χ1) is 25.3. The Morgan fingerprint density at radius 3 is 2.02 bits per heavy atom. The number of aromatic nitrogens is 3. The molecule has 0 saturated heterocycles. The van der Waals surface area contributed by atoms with E-state index in [0.717, 1.165) is 81.4 Å². The van der Waals surface area contributed by atoms with Gasteiger partial charge in [0.2, 0.25) is 5.95 Å². The van der Waals surface area contributed by atoms with Crippen LogP contribution in [0.15, 0.2) is 156 Å². The fraction of sp³-hybridized carbons (Fsp3) is 0. The first-order valence-electron chi connectivity index (χ1n) is 17.2. The molecule has 236 valence electrons. The number of benzene rings is 8. The SMILES string of the molecule is c1ccc2cc(-c3nc(-n4c5c6ccccc6ccc5c5c6ccccc6c6c7ccccc7oc6c54)nc4c3sc3ccccc34)ccc2c1. The van der Waals surface area contributed by atoms with Gasteiger partial charge in [-0.15, -0.1) is 11.3 Å². The maximum absolute atomic E-state index is 6.91. The van der Waals surface area contributed by atoms with Crippen LogP contribution in [0.3, 0.4) is 0 Å². The molecule has 12 rings (SSSR count). The van der Waals surface area contributed by atoms with Gasteiger partial charge in [0.15, 0.2) is 5.58 Å². The summed E-state index contributed by atoms with van der Waals surface area (Å²) in [6.07, 6.45) is 0. The van der Waals surface area contributed by atoms with Crippen LogP contribution in [0.2, 0.25) is 0 Å². The maximum atomic E-state index is 6.91. The number of nitrogens with zero attached hydrogens (tertiary/aromatic N) is 3. The van der Waals surface area contributed by atoms with Gasteiger partial charge in [-0.2, -0.15) is 0 Å². The van der Waals surface area contributed by atoms with Crippen molar-refractivity contribution in [1.82, 2.24) is 14.5 Å². The molecule has 0 fully saturated rings. The van der Waals surface area contributed by atoms with E-state index in [4.69, 9.17) is 14.4 Å². The molecule has 4 heterocycles.